The van der Waals surface area contributed by atoms with Crippen molar-refractivity contribution in [3.8, 4) is 17.6 Å². The summed E-state index contributed by atoms with van der Waals surface area (Å²) in [6, 6.07) is 8.79. The minimum atomic E-state index is -4.67. The van der Waals surface area contributed by atoms with Gasteiger partial charge in [-0.15, -0.1) is 0 Å². The summed E-state index contributed by atoms with van der Waals surface area (Å²) < 4.78 is 73.7. The lowest BCUT2D eigenvalue weighted by atomic mass is 10.1. The predicted octanol–water partition coefficient (Wildman–Crippen LogP) is 5.48. The van der Waals surface area contributed by atoms with Crippen LogP contribution in [0.15, 0.2) is 40.9 Å². The SMILES string of the molecule is N#Cc1cc(Oc2cccc(Br)c2CCOC(=O)C(F)F)cc(C(F)(F)F)c1. The average Bonchev–Trinajstić information content (AvgIpc) is 2.62. The van der Waals surface area contributed by atoms with Gasteiger partial charge in [-0.05, 0) is 30.3 Å². The van der Waals surface area contributed by atoms with Gasteiger partial charge in [-0.1, -0.05) is 22.0 Å². The minimum Gasteiger partial charge on any atom is -0.461 e. The summed E-state index contributed by atoms with van der Waals surface area (Å²) in [4.78, 5) is 10.8. The number of benzene rings is 2. The Labute approximate surface area is 164 Å². The number of carbonyl (C=O) groups excluding carboxylic acids is 1. The van der Waals surface area contributed by atoms with E-state index in [9.17, 15) is 26.7 Å². The quantitative estimate of drug-likeness (QED) is 0.420. The van der Waals surface area contributed by atoms with Crippen molar-refractivity contribution in [3.63, 3.8) is 0 Å². The van der Waals surface area contributed by atoms with Crippen LogP contribution in [0.2, 0.25) is 0 Å². The molecular weight excluding hydrogens is 453 g/mol. The molecule has 0 aliphatic rings. The van der Waals surface area contributed by atoms with E-state index in [0.717, 1.165) is 12.1 Å². The molecule has 0 unspecified atom stereocenters. The molecule has 2 rings (SSSR count). The van der Waals surface area contributed by atoms with E-state index in [1.54, 1.807) is 18.2 Å². The second-order valence-corrected chi connectivity index (χ2v) is 6.25. The van der Waals surface area contributed by atoms with Crippen LogP contribution in [0.4, 0.5) is 22.0 Å². The third kappa shape index (κ3) is 5.66. The maximum absolute atomic E-state index is 13.0. The van der Waals surface area contributed by atoms with Crippen LogP contribution in [0.1, 0.15) is 16.7 Å². The van der Waals surface area contributed by atoms with Crippen LogP contribution >= 0.6 is 15.9 Å². The molecule has 0 fully saturated rings. The molecule has 0 radical (unpaired) electrons. The van der Waals surface area contributed by atoms with E-state index in [-0.39, 0.29) is 30.1 Å². The van der Waals surface area contributed by atoms with E-state index in [1.165, 1.54) is 6.07 Å². The third-order valence-electron chi connectivity index (χ3n) is 3.44. The highest BCUT2D eigenvalue weighted by atomic mass is 79.9. The maximum atomic E-state index is 13.0. The van der Waals surface area contributed by atoms with Crippen molar-refractivity contribution < 1.29 is 36.2 Å². The van der Waals surface area contributed by atoms with Gasteiger partial charge in [-0.3, -0.25) is 0 Å². The van der Waals surface area contributed by atoms with Gasteiger partial charge in [0.05, 0.1) is 23.8 Å². The summed E-state index contributed by atoms with van der Waals surface area (Å²) in [5.41, 5.74) is -0.906. The van der Waals surface area contributed by atoms with Crippen molar-refractivity contribution in [3.05, 3.63) is 57.6 Å². The summed E-state index contributed by atoms with van der Waals surface area (Å²) in [5, 5.41) is 8.94. The Morgan fingerprint density at radius 1 is 1.21 bits per heavy atom. The number of nitrogens with zero attached hydrogens (tertiary/aromatic N) is 1. The van der Waals surface area contributed by atoms with Crippen molar-refractivity contribution in [2.45, 2.75) is 19.0 Å². The maximum Gasteiger partial charge on any atom is 0.416 e. The molecule has 0 aliphatic heterocycles. The first-order valence-corrected chi connectivity index (χ1v) is 8.43. The molecule has 0 aromatic heterocycles. The largest absolute Gasteiger partial charge is 0.461 e. The number of ether oxygens (including phenoxy) is 2. The molecule has 0 aliphatic carbocycles. The van der Waals surface area contributed by atoms with Crippen LogP contribution in [0.3, 0.4) is 0 Å². The van der Waals surface area contributed by atoms with E-state index >= 15 is 0 Å². The topological polar surface area (TPSA) is 59.3 Å². The molecule has 0 N–H and O–H groups in total. The van der Waals surface area contributed by atoms with Crippen molar-refractivity contribution in [1.82, 2.24) is 0 Å². The minimum absolute atomic E-state index is 0.0285. The number of alkyl halides is 5. The van der Waals surface area contributed by atoms with Gasteiger partial charge in [0.15, 0.2) is 0 Å². The van der Waals surface area contributed by atoms with Gasteiger partial charge < -0.3 is 9.47 Å². The monoisotopic (exact) mass is 463 g/mol. The molecule has 0 saturated carbocycles. The van der Waals surface area contributed by atoms with E-state index < -0.39 is 24.1 Å². The summed E-state index contributed by atoms with van der Waals surface area (Å²) in [6.45, 7) is -0.381. The number of halogens is 6. The molecule has 0 heterocycles. The molecule has 0 amide bonds. The zero-order chi connectivity index (χ0) is 20.9. The number of rotatable bonds is 6. The lowest BCUT2D eigenvalue weighted by molar-refractivity contribution is -0.156. The second-order valence-electron chi connectivity index (χ2n) is 5.39. The number of nitriles is 1. The lowest BCUT2D eigenvalue weighted by Crippen LogP contribution is -2.16. The standard InChI is InChI=1S/C18H11BrF5NO3/c19-14-2-1-3-15(13(14)4-5-27-17(26)16(20)21)28-12-7-10(9-25)6-11(8-12)18(22,23)24/h1-3,6-8,16H,4-5H2. The van der Waals surface area contributed by atoms with Crippen LogP contribution in [-0.4, -0.2) is 19.0 Å². The van der Waals surface area contributed by atoms with Crippen LogP contribution in [0, 0.1) is 11.3 Å². The lowest BCUT2D eigenvalue weighted by Gasteiger charge is -2.15. The van der Waals surface area contributed by atoms with Gasteiger partial charge in [0, 0.05) is 16.5 Å². The molecule has 10 heteroatoms. The molecule has 2 aromatic rings. The van der Waals surface area contributed by atoms with E-state index in [2.05, 4.69) is 20.7 Å². The zero-order valence-electron chi connectivity index (χ0n) is 13.9. The second kappa shape index (κ2) is 9.01. The first kappa shape index (κ1) is 21.6. The summed E-state index contributed by atoms with van der Waals surface area (Å²) >= 11 is 3.23. The van der Waals surface area contributed by atoms with Gasteiger partial charge in [0.2, 0.25) is 0 Å². The number of esters is 1. The smallest absolute Gasteiger partial charge is 0.416 e. The fourth-order valence-corrected chi connectivity index (χ4v) is 2.75. The Morgan fingerprint density at radius 3 is 2.54 bits per heavy atom. The van der Waals surface area contributed by atoms with Crippen molar-refractivity contribution >= 4 is 21.9 Å². The van der Waals surface area contributed by atoms with Crippen LogP contribution in [-0.2, 0) is 22.1 Å². The van der Waals surface area contributed by atoms with Gasteiger partial charge in [0.25, 0.3) is 0 Å². The fourth-order valence-electron chi connectivity index (χ4n) is 2.21. The van der Waals surface area contributed by atoms with Crippen LogP contribution < -0.4 is 4.74 Å². The molecule has 0 bridgehead atoms. The summed E-state index contributed by atoms with van der Waals surface area (Å²) in [7, 11) is 0. The Hall–Kier alpha value is -2.67. The highest BCUT2D eigenvalue weighted by Gasteiger charge is 2.31. The molecule has 0 spiro atoms. The number of hydrogen-bond donors (Lipinski definition) is 0. The Bertz CT molecular complexity index is 909. The molecule has 28 heavy (non-hydrogen) atoms. The van der Waals surface area contributed by atoms with Gasteiger partial charge in [0.1, 0.15) is 11.5 Å². The van der Waals surface area contributed by atoms with E-state index in [1.807, 2.05) is 0 Å². The van der Waals surface area contributed by atoms with Gasteiger partial charge >= 0.3 is 18.6 Å². The first-order chi connectivity index (χ1) is 13.1. The normalized spacial score (nSPS) is 11.2. The molecule has 0 saturated heterocycles. The molecular formula is C18H11BrF5NO3. The molecule has 4 nitrogen and oxygen atoms in total. The van der Waals surface area contributed by atoms with Crippen LogP contribution in [0.25, 0.3) is 0 Å². The zero-order valence-corrected chi connectivity index (χ0v) is 15.5. The predicted molar refractivity (Wildman–Crippen MR) is 91.0 cm³/mol. The highest BCUT2D eigenvalue weighted by molar-refractivity contribution is 9.10. The first-order valence-electron chi connectivity index (χ1n) is 7.64. The number of hydrogen-bond acceptors (Lipinski definition) is 4. The van der Waals surface area contributed by atoms with Crippen molar-refractivity contribution in [2.75, 3.05) is 6.61 Å². The summed E-state index contributed by atoms with van der Waals surface area (Å²) in [6.07, 6.45) is -7.96. The third-order valence-corrected chi connectivity index (χ3v) is 4.18. The summed E-state index contributed by atoms with van der Waals surface area (Å²) in [5.74, 6) is -1.79. The Morgan fingerprint density at radius 2 is 1.93 bits per heavy atom. The average molecular weight is 464 g/mol. The molecule has 0 atom stereocenters. The van der Waals surface area contributed by atoms with Crippen molar-refractivity contribution in [2.24, 2.45) is 0 Å². The van der Waals surface area contributed by atoms with E-state index in [4.69, 9.17) is 10.00 Å². The fraction of sp³-hybridized carbons (Fsp3) is 0.222. The number of carbonyl (C=O) groups is 1. The van der Waals surface area contributed by atoms with Gasteiger partial charge in [-0.2, -0.15) is 27.2 Å². The Kier molecular flexibility index (Phi) is 6.96. The Balaban J connectivity index is 2.28. The highest BCUT2D eigenvalue weighted by Crippen LogP contribution is 2.36. The van der Waals surface area contributed by atoms with Crippen LogP contribution in [0.5, 0.6) is 11.5 Å². The molecule has 2 aromatic carbocycles. The van der Waals surface area contributed by atoms with Crippen molar-refractivity contribution in [1.29, 1.82) is 5.26 Å². The van der Waals surface area contributed by atoms with Gasteiger partial charge in [-0.25, -0.2) is 4.79 Å². The van der Waals surface area contributed by atoms with E-state index in [0.29, 0.717) is 16.1 Å². The molecule has 148 valence electrons.